The van der Waals surface area contributed by atoms with E-state index in [1.165, 1.54) is 0 Å². The van der Waals surface area contributed by atoms with Crippen molar-refractivity contribution in [2.24, 2.45) is 0 Å². The van der Waals surface area contributed by atoms with Crippen molar-refractivity contribution in [3.05, 3.63) is 0 Å². The summed E-state index contributed by atoms with van der Waals surface area (Å²) in [5, 5.41) is 8.57. The Morgan fingerprint density at radius 1 is 1.54 bits per heavy atom. The molecule has 0 aromatic rings. The SMILES string of the molecule is CC(CC(=O)O)N1CCC(=O)CC1. The smallest absolute Gasteiger partial charge is 0.304 e. The summed E-state index contributed by atoms with van der Waals surface area (Å²) in [6.07, 6.45) is 1.31. The number of hydrogen-bond acceptors (Lipinski definition) is 3. The van der Waals surface area contributed by atoms with E-state index >= 15 is 0 Å². The topological polar surface area (TPSA) is 57.6 Å². The molecule has 1 atom stereocenters. The zero-order chi connectivity index (χ0) is 9.84. The summed E-state index contributed by atoms with van der Waals surface area (Å²) in [4.78, 5) is 23.4. The number of rotatable bonds is 3. The first-order valence-electron chi connectivity index (χ1n) is 4.57. The second-order valence-electron chi connectivity index (χ2n) is 3.52. The molecule has 1 saturated heterocycles. The Labute approximate surface area is 77.5 Å². The van der Waals surface area contributed by atoms with Gasteiger partial charge in [0.05, 0.1) is 6.42 Å². The van der Waals surface area contributed by atoms with Gasteiger partial charge in [-0.1, -0.05) is 0 Å². The Hall–Kier alpha value is -0.900. The first-order valence-corrected chi connectivity index (χ1v) is 4.57. The monoisotopic (exact) mass is 185 g/mol. The van der Waals surface area contributed by atoms with Gasteiger partial charge in [0.1, 0.15) is 5.78 Å². The fourth-order valence-corrected chi connectivity index (χ4v) is 1.60. The van der Waals surface area contributed by atoms with Crippen molar-refractivity contribution in [2.45, 2.75) is 32.2 Å². The van der Waals surface area contributed by atoms with Crippen LogP contribution in [0.3, 0.4) is 0 Å². The van der Waals surface area contributed by atoms with E-state index in [-0.39, 0.29) is 12.5 Å². The molecule has 13 heavy (non-hydrogen) atoms. The van der Waals surface area contributed by atoms with Crippen molar-refractivity contribution in [1.29, 1.82) is 0 Å². The molecule has 0 spiro atoms. The second kappa shape index (κ2) is 4.37. The lowest BCUT2D eigenvalue weighted by Gasteiger charge is -2.30. The molecule has 0 aromatic carbocycles. The maximum absolute atomic E-state index is 10.9. The number of nitrogens with zero attached hydrogens (tertiary/aromatic N) is 1. The zero-order valence-corrected chi connectivity index (χ0v) is 7.82. The molecule has 74 valence electrons. The zero-order valence-electron chi connectivity index (χ0n) is 7.82. The molecule has 0 aromatic heterocycles. The van der Waals surface area contributed by atoms with Crippen LogP contribution >= 0.6 is 0 Å². The quantitative estimate of drug-likeness (QED) is 0.696. The van der Waals surface area contributed by atoms with E-state index in [0.717, 1.165) is 0 Å². The van der Waals surface area contributed by atoms with Crippen molar-refractivity contribution in [2.75, 3.05) is 13.1 Å². The third-order valence-corrected chi connectivity index (χ3v) is 2.45. The molecule has 0 bridgehead atoms. The first kappa shape index (κ1) is 10.2. The van der Waals surface area contributed by atoms with Crippen LogP contribution in [0.2, 0.25) is 0 Å². The second-order valence-corrected chi connectivity index (χ2v) is 3.52. The number of hydrogen-bond donors (Lipinski definition) is 1. The number of piperidine rings is 1. The number of carboxylic acid groups (broad SMARTS) is 1. The molecule has 1 rings (SSSR count). The van der Waals surface area contributed by atoms with Crippen LogP contribution in [-0.2, 0) is 9.59 Å². The number of carboxylic acids is 1. The maximum atomic E-state index is 10.9. The van der Waals surface area contributed by atoms with Gasteiger partial charge in [-0.05, 0) is 6.92 Å². The molecule has 4 nitrogen and oxygen atoms in total. The number of carbonyl (C=O) groups is 2. The Balaban J connectivity index is 2.35. The first-order chi connectivity index (χ1) is 6.09. The van der Waals surface area contributed by atoms with Crippen molar-refractivity contribution < 1.29 is 14.7 Å². The van der Waals surface area contributed by atoms with E-state index in [0.29, 0.717) is 31.7 Å². The number of ketones is 1. The van der Waals surface area contributed by atoms with E-state index in [9.17, 15) is 9.59 Å². The van der Waals surface area contributed by atoms with E-state index in [1.807, 2.05) is 6.92 Å². The third kappa shape index (κ3) is 3.14. The third-order valence-electron chi connectivity index (χ3n) is 2.45. The normalized spacial score (nSPS) is 21.5. The van der Waals surface area contributed by atoms with Gasteiger partial charge in [-0.15, -0.1) is 0 Å². The Bertz CT molecular complexity index is 205. The van der Waals surface area contributed by atoms with Crippen LogP contribution in [0.15, 0.2) is 0 Å². The summed E-state index contributed by atoms with van der Waals surface area (Å²) >= 11 is 0. The molecule has 0 aliphatic carbocycles. The highest BCUT2D eigenvalue weighted by molar-refractivity contribution is 5.79. The molecule has 0 radical (unpaired) electrons. The van der Waals surface area contributed by atoms with E-state index < -0.39 is 5.97 Å². The van der Waals surface area contributed by atoms with Gasteiger partial charge in [0.15, 0.2) is 0 Å². The molecule has 0 saturated carbocycles. The largest absolute Gasteiger partial charge is 0.481 e. The Kier molecular flexibility index (Phi) is 3.42. The van der Waals surface area contributed by atoms with Crippen LogP contribution in [0.25, 0.3) is 0 Å². The van der Waals surface area contributed by atoms with Gasteiger partial charge in [-0.25, -0.2) is 0 Å². The molecule has 1 fully saturated rings. The number of carbonyl (C=O) groups excluding carboxylic acids is 1. The summed E-state index contributed by atoms with van der Waals surface area (Å²) < 4.78 is 0. The van der Waals surface area contributed by atoms with Gasteiger partial charge in [0.25, 0.3) is 0 Å². The molecule has 4 heteroatoms. The van der Waals surface area contributed by atoms with Crippen molar-refractivity contribution in [1.82, 2.24) is 4.90 Å². The van der Waals surface area contributed by atoms with Gasteiger partial charge in [0, 0.05) is 32.0 Å². The van der Waals surface area contributed by atoms with Crippen LogP contribution in [0.1, 0.15) is 26.2 Å². The summed E-state index contributed by atoms with van der Waals surface area (Å²) in [7, 11) is 0. The number of Topliss-reactive ketones (excluding diaryl/α,β-unsaturated/α-hetero) is 1. The van der Waals surface area contributed by atoms with Crippen molar-refractivity contribution >= 4 is 11.8 Å². The highest BCUT2D eigenvalue weighted by atomic mass is 16.4. The van der Waals surface area contributed by atoms with Gasteiger partial charge >= 0.3 is 5.97 Å². The van der Waals surface area contributed by atoms with Gasteiger partial charge in [0.2, 0.25) is 0 Å². The molecule has 1 aliphatic heterocycles. The van der Waals surface area contributed by atoms with E-state index in [2.05, 4.69) is 4.90 Å². The van der Waals surface area contributed by atoms with Crippen LogP contribution in [0, 0.1) is 0 Å². The molecular formula is C9H15NO3. The number of aliphatic carboxylic acids is 1. The predicted octanol–water partition coefficient (Wildman–Crippen LogP) is 0.514. The van der Waals surface area contributed by atoms with Gasteiger partial charge in [-0.3, -0.25) is 14.5 Å². The fourth-order valence-electron chi connectivity index (χ4n) is 1.60. The minimum atomic E-state index is -0.774. The standard InChI is InChI=1S/C9H15NO3/c1-7(6-9(12)13)10-4-2-8(11)3-5-10/h7H,2-6H2,1H3,(H,12,13). The van der Waals surface area contributed by atoms with Crippen molar-refractivity contribution in [3.63, 3.8) is 0 Å². The van der Waals surface area contributed by atoms with Gasteiger partial charge in [-0.2, -0.15) is 0 Å². The molecule has 1 unspecified atom stereocenters. The highest BCUT2D eigenvalue weighted by Gasteiger charge is 2.21. The lowest BCUT2D eigenvalue weighted by atomic mass is 10.1. The van der Waals surface area contributed by atoms with E-state index in [4.69, 9.17) is 5.11 Å². The highest BCUT2D eigenvalue weighted by Crippen LogP contribution is 2.11. The molecule has 1 heterocycles. The Morgan fingerprint density at radius 3 is 2.54 bits per heavy atom. The van der Waals surface area contributed by atoms with E-state index in [1.54, 1.807) is 0 Å². The van der Waals surface area contributed by atoms with Crippen molar-refractivity contribution in [3.8, 4) is 0 Å². The lowest BCUT2D eigenvalue weighted by molar-refractivity contribution is -0.138. The molecular weight excluding hydrogens is 170 g/mol. The Morgan fingerprint density at radius 2 is 2.08 bits per heavy atom. The van der Waals surface area contributed by atoms with Crippen LogP contribution in [-0.4, -0.2) is 40.9 Å². The minimum absolute atomic E-state index is 0.0469. The summed E-state index contributed by atoms with van der Waals surface area (Å²) in [6.45, 7) is 3.32. The molecule has 1 N–H and O–H groups in total. The summed E-state index contributed by atoms with van der Waals surface area (Å²) in [6, 6.07) is 0.0469. The fraction of sp³-hybridized carbons (Fsp3) is 0.778. The average molecular weight is 185 g/mol. The van der Waals surface area contributed by atoms with Crippen LogP contribution in [0.5, 0.6) is 0 Å². The lowest BCUT2D eigenvalue weighted by Crippen LogP contribution is -2.41. The number of likely N-dealkylation sites (tertiary alicyclic amines) is 1. The maximum Gasteiger partial charge on any atom is 0.304 e. The van der Waals surface area contributed by atoms with Crippen LogP contribution < -0.4 is 0 Å². The average Bonchev–Trinajstić information content (AvgIpc) is 2.04. The minimum Gasteiger partial charge on any atom is -0.481 e. The summed E-state index contributed by atoms with van der Waals surface area (Å²) in [5.41, 5.74) is 0. The van der Waals surface area contributed by atoms with Gasteiger partial charge < -0.3 is 5.11 Å². The summed E-state index contributed by atoms with van der Waals surface area (Å²) in [5.74, 6) is -0.483. The van der Waals surface area contributed by atoms with Crippen LogP contribution in [0.4, 0.5) is 0 Å². The molecule has 1 aliphatic rings. The predicted molar refractivity (Wildman–Crippen MR) is 47.5 cm³/mol. The molecule has 0 amide bonds.